The highest BCUT2D eigenvalue weighted by Crippen LogP contribution is 2.32. The molecule has 0 radical (unpaired) electrons. The predicted molar refractivity (Wildman–Crippen MR) is 77.2 cm³/mol. The third-order valence-electron chi connectivity index (χ3n) is 2.67. The Morgan fingerprint density at radius 2 is 2.25 bits per heavy atom. The Morgan fingerprint density at radius 1 is 1.50 bits per heavy atom. The molecule has 2 rings (SSSR count). The minimum atomic E-state index is -3.41. The van der Waals surface area contributed by atoms with Gasteiger partial charge < -0.3 is 15.6 Å². The molecule has 20 heavy (non-hydrogen) atoms. The Bertz CT molecular complexity index is 690. The van der Waals surface area contributed by atoms with E-state index in [4.69, 9.17) is 5.73 Å². The summed E-state index contributed by atoms with van der Waals surface area (Å²) in [5.41, 5.74) is 5.68. The van der Waals surface area contributed by atoms with Crippen LogP contribution in [0.2, 0.25) is 0 Å². The maximum Gasteiger partial charge on any atom is 0.185 e. The molecule has 0 bridgehead atoms. The predicted octanol–water partition coefficient (Wildman–Crippen LogP) is 0.650. The summed E-state index contributed by atoms with van der Waals surface area (Å²) >= 11 is 1.03. The molecular formula is C10H16N6O2S2. The number of aryl methyl sites for hydroxylation is 1. The monoisotopic (exact) mass is 316 g/mol. The van der Waals surface area contributed by atoms with Crippen molar-refractivity contribution in [3.8, 4) is 0 Å². The van der Waals surface area contributed by atoms with Crippen LogP contribution >= 0.6 is 11.5 Å². The second-order valence-corrected chi connectivity index (χ2v) is 7.08. The second-order valence-electron chi connectivity index (χ2n) is 4.26. The van der Waals surface area contributed by atoms with Crippen LogP contribution in [0.25, 0.3) is 0 Å². The van der Waals surface area contributed by atoms with Crippen molar-refractivity contribution in [2.24, 2.45) is 7.05 Å². The lowest BCUT2D eigenvalue weighted by Crippen LogP contribution is -2.11. The molecule has 0 amide bonds. The summed E-state index contributed by atoms with van der Waals surface area (Å²) in [6.45, 7) is 2.16. The largest absolute Gasteiger partial charge is 0.382 e. The van der Waals surface area contributed by atoms with Gasteiger partial charge in [0.05, 0.1) is 12.3 Å². The van der Waals surface area contributed by atoms with E-state index < -0.39 is 9.84 Å². The summed E-state index contributed by atoms with van der Waals surface area (Å²) in [5.74, 6) is 0.786. The molecule has 8 nitrogen and oxygen atoms in total. The van der Waals surface area contributed by atoms with E-state index >= 15 is 0 Å². The van der Waals surface area contributed by atoms with Crippen LogP contribution < -0.4 is 11.1 Å². The number of nitrogens with two attached hydrogens (primary N) is 1. The highest BCUT2D eigenvalue weighted by Gasteiger charge is 2.24. The van der Waals surface area contributed by atoms with E-state index in [-0.39, 0.29) is 16.5 Å². The summed E-state index contributed by atoms with van der Waals surface area (Å²) < 4.78 is 30.0. The van der Waals surface area contributed by atoms with Gasteiger partial charge in [0, 0.05) is 7.05 Å². The fourth-order valence-corrected chi connectivity index (χ4v) is 4.32. The summed E-state index contributed by atoms with van der Waals surface area (Å²) in [6, 6.07) is 0. The molecule has 2 aromatic heterocycles. The number of nitrogen functional groups attached to an aromatic ring is 1. The molecule has 3 N–H and O–H groups in total. The molecule has 2 heterocycles. The van der Waals surface area contributed by atoms with Gasteiger partial charge in [0.25, 0.3) is 0 Å². The van der Waals surface area contributed by atoms with Gasteiger partial charge in [-0.15, -0.1) is 10.2 Å². The van der Waals surface area contributed by atoms with Crippen molar-refractivity contribution in [2.75, 3.05) is 16.8 Å². The van der Waals surface area contributed by atoms with Gasteiger partial charge in [-0.3, -0.25) is 0 Å². The first-order valence-corrected chi connectivity index (χ1v) is 8.43. The van der Waals surface area contributed by atoms with Crippen LogP contribution in [-0.2, 0) is 23.4 Å². The molecule has 10 heteroatoms. The van der Waals surface area contributed by atoms with Crippen LogP contribution in [0.15, 0.2) is 11.2 Å². The van der Waals surface area contributed by atoms with Crippen molar-refractivity contribution < 1.29 is 8.42 Å². The maximum atomic E-state index is 12.2. The van der Waals surface area contributed by atoms with Gasteiger partial charge in [-0.25, -0.2) is 8.42 Å². The van der Waals surface area contributed by atoms with E-state index in [2.05, 4.69) is 19.9 Å². The SMILES string of the molecule is CCCS(=O)(=O)c1c(N)nsc1NCc1nncn1C. The summed E-state index contributed by atoms with van der Waals surface area (Å²) in [4.78, 5) is 0.0894. The van der Waals surface area contributed by atoms with E-state index in [0.29, 0.717) is 23.8 Å². The van der Waals surface area contributed by atoms with Gasteiger partial charge in [-0.2, -0.15) is 4.37 Å². The fraction of sp³-hybridized carbons (Fsp3) is 0.500. The molecule has 0 aliphatic rings. The average molecular weight is 316 g/mol. The van der Waals surface area contributed by atoms with E-state index in [1.54, 1.807) is 17.8 Å². The lowest BCUT2D eigenvalue weighted by atomic mass is 10.5. The van der Waals surface area contributed by atoms with Gasteiger partial charge >= 0.3 is 0 Å². The van der Waals surface area contributed by atoms with Crippen LogP contribution in [0.5, 0.6) is 0 Å². The Morgan fingerprint density at radius 3 is 2.85 bits per heavy atom. The van der Waals surface area contributed by atoms with E-state index in [1.165, 1.54) is 0 Å². The zero-order chi connectivity index (χ0) is 14.8. The third-order valence-corrected chi connectivity index (χ3v) is 5.60. The van der Waals surface area contributed by atoms with Gasteiger partial charge in [0.1, 0.15) is 16.2 Å². The number of nitrogens with one attached hydrogen (secondary N) is 1. The first kappa shape index (κ1) is 14.7. The van der Waals surface area contributed by atoms with Crippen LogP contribution in [0.4, 0.5) is 10.8 Å². The Hall–Kier alpha value is -1.68. The Labute approximate surface area is 121 Å². The van der Waals surface area contributed by atoms with Crippen molar-refractivity contribution in [2.45, 2.75) is 24.8 Å². The van der Waals surface area contributed by atoms with Crippen LogP contribution in [0.3, 0.4) is 0 Å². The number of aromatic nitrogens is 4. The van der Waals surface area contributed by atoms with Crippen molar-refractivity contribution in [3.63, 3.8) is 0 Å². The summed E-state index contributed by atoms with van der Waals surface area (Å²) in [6.07, 6.45) is 2.10. The normalized spacial score (nSPS) is 11.7. The minimum Gasteiger partial charge on any atom is -0.382 e. The summed E-state index contributed by atoms with van der Waals surface area (Å²) in [7, 11) is -1.60. The number of sulfone groups is 1. The number of hydrogen-bond donors (Lipinski definition) is 2. The molecule has 0 atom stereocenters. The molecule has 0 unspecified atom stereocenters. The van der Waals surface area contributed by atoms with E-state index in [0.717, 1.165) is 11.5 Å². The molecule has 0 aliphatic carbocycles. The van der Waals surface area contributed by atoms with Gasteiger partial charge in [0.2, 0.25) is 0 Å². The lowest BCUT2D eigenvalue weighted by Gasteiger charge is -2.07. The number of rotatable bonds is 6. The molecular weight excluding hydrogens is 300 g/mol. The Balaban J connectivity index is 2.24. The maximum absolute atomic E-state index is 12.2. The highest BCUT2D eigenvalue weighted by molar-refractivity contribution is 7.91. The molecule has 0 aliphatic heterocycles. The first-order chi connectivity index (χ1) is 9.45. The van der Waals surface area contributed by atoms with E-state index in [9.17, 15) is 8.42 Å². The van der Waals surface area contributed by atoms with Gasteiger partial charge in [0.15, 0.2) is 21.5 Å². The zero-order valence-corrected chi connectivity index (χ0v) is 12.8. The topological polar surface area (TPSA) is 116 Å². The van der Waals surface area contributed by atoms with Crippen molar-refractivity contribution in [1.82, 2.24) is 19.1 Å². The molecule has 0 fully saturated rings. The second kappa shape index (κ2) is 5.75. The smallest absolute Gasteiger partial charge is 0.185 e. The molecule has 0 saturated heterocycles. The van der Waals surface area contributed by atoms with Gasteiger partial charge in [-0.1, -0.05) is 6.92 Å². The molecule has 2 aromatic rings. The lowest BCUT2D eigenvalue weighted by molar-refractivity contribution is 0.595. The summed E-state index contributed by atoms with van der Waals surface area (Å²) in [5, 5.41) is 11.1. The fourth-order valence-electron chi connectivity index (χ4n) is 1.70. The molecule has 0 spiro atoms. The van der Waals surface area contributed by atoms with E-state index in [1.807, 2.05) is 7.05 Å². The van der Waals surface area contributed by atoms with Crippen LogP contribution in [-0.4, -0.2) is 33.3 Å². The Kier molecular flexibility index (Phi) is 4.23. The number of hydrogen-bond acceptors (Lipinski definition) is 8. The molecule has 0 aromatic carbocycles. The minimum absolute atomic E-state index is 0.0453. The van der Waals surface area contributed by atoms with Crippen LogP contribution in [0.1, 0.15) is 19.2 Å². The average Bonchev–Trinajstić information content (AvgIpc) is 2.93. The van der Waals surface area contributed by atoms with Crippen molar-refractivity contribution >= 4 is 32.2 Å². The van der Waals surface area contributed by atoms with Gasteiger partial charge in [-0.05, 0) is 18.0 Å². The number of nitrogens with zero attached hydrogens (tertiary/aromatic N) is 4. The van der Waals surface area contributed by atoms with Crippen molar-refractivity contribution in [3.05, 3.63) is 12.2 Å². The molecule has 110 valence electrons. The first-order valence-electron chi connectivity index (χ1n) is 6.00. The van der Waals surface area contributed by atoms with Crippen LogP contribution in [0, 0.1) is 0 Å². The highest BCUT2D eigenvalue weighted by atomic mass is 32.2. The van der Waals surface area contributed by atoms with Crippen molar-refractivity contribution in [1.29, 1.82) is 0 Å². The number of anilines is 2. The zero-order valence-electron chi connectivity index (χ0n) is 11.2. The standard InChI is InChI=1S/C10H16N6O2S2/c1-3-4-20(17,18)8-9(11)15-19-10(8)12-5-7-14-13-6-16(7)2/h6,12H,3-5H2,1-2H3,(H2,11,15). The quantitative estimate of drug-likeness (QED) is 0.803. The third kappa shape index (κ3) is 2.90. The molecule has 0 saturated carbocycles.